The van der Waals surface area contributed by atoms with Crippen molar-refractivity contribution in [2.24, 2.45) is 44.8 Å². The Kier molecular flexibility index (Phi) is 44.1. The highest BCUT2D eigenvalue weighted by Gasteiger charge is 2.36. The minimum Gasteiger partial charge on any atom is -0.481 e. The highest BCUT2D eigenvalue weighted by molar-refractivity contribution is 9.10. The summed E-state index contributed by atoms with van der Waals surface area (Å²) in [6.07, 6.45) is 34.9. The first kappa shape index (κ1) is 110. The van der Waals surface area contributed by atoms with Crippen molar-refractivity contribution < 1.29 is 96.5 Å². The Labute approximate surface area is 808 Å². The summed E-state index contributed by atoms with van der Waals surface area (Å²) >= 11 is 6.40. The number of rotatable bonds is 25. The molecule has 7 heterocycles. The van der Waals surface area contributed by atoms with Crippen LogP contribution in [0, 0.1) is 51.4 Å². The highest BCUT2D eigenvalue weighted by atomic mass is 79.9. The van der Waals surface area contributed by atoms with Gasteiger partial charge in [-0.2, -0.15) is 15.3 Å². The fourth-order valence-corrected chi connectivity index (χ4v) is 18.0. The van der Waals surface area contributed by atoms with Crippen LogP contribution in [0.15, 0.2) is 57.4 Å². The van der Waals surface area contributed by atoms with E-state index in [2.05, 4.69) is 82.0 Å². The number of hydrogen-bond acceptors (Lipinski definition) is 30. The number of aliphatic hydroxyl groups excluding tert-OH is 1. The number of aliphatic carboxylic acids is 1. The summed E-state index contributed by atoms with van der Waals surface area (Å²) in [7, 11) is 8.99. The number of carboxylic acids is 1. The third kappa shape index (κ3) is 33.9. The lowest BCUT2D eigenvalue weighted by atomic mass is 9.80. The molecule has 0 bridgehead atoms. The third-order valence-corrected chi connectivity index (χ3v) is 25.7. The van der Waals surface area contributed by atoms with Gasteiger partial charge in [-0.05, 0) is 236 Å². The SMILES string of the molecule is C.CC(C)OC(=O)[C@H]1CCC[C@@H](O)C1.CN(C(=O)OCc1c(B(O)O)cnn1C)C1CCCC1.Cc1nc(-c2cnn(C)c2COC(=O)N(C)C2CCCC2)cnc1O[C@H]1CCC[C@H](C(=O)O)C1.Cc1nc(-c2cnn(C)c2COC(=O)N(C)C2CCCC2)cnc1O[C@H]1CCC[C@H](C(=O)OC(C)C)C1.Cc1nc(Br)c[nH]c1=O.Cc1nc(Br)cnc1O[C@H]1CCC[C@H](C(=O)OC(C)C)C1. The molecule has 8 atom stereocenters. The van der Waals surface area contributed by atoms with E-state index in [0.29, 0.717) is 93.1 Å². The lowest BCUT2D eigenvalue weighted by Crippen LogP contribution is -2.37. The molecule has 7 fully saturated rings. The van der Waals surface area contributed by atoms with Gasteiger partial charge >= 0.3 is 49.3 Å². The number of nitrogens with zero attached hydrogens (tertiary/aromatic N) is 16. The highest BCUT2D eigenvalue weighted by Crippen LogP contribution is 2.36. The van der Waals surface area contributed by atoms with Crippen molar-refractivity contribution in [1.29, 1.82) is 0 Å². The Balaban J connectivity index is 0.000000210. The number of ether oxygens (including phenoxy) is 9. The van der Waals surface area contributed by atoms with Gasteiger partial charge in [-0.25, -0.2) is 49.3 Å². The first-order chi connectivity index (χ1) is 63.8. The second kappa shape index (κ2) is 54.0. The van der Waals surface area contributed by atoms with Crippen LogP contribution in [0.4, 0.5) is 14.4 Å². The summed E-state index contributed by atoms with van der Waals surface area (Å²) in [6.45, 7) is 18.5. The van der Waals surface area contributed by atoms with Gasteiger partial charge in [-0.15, -0.1) is 0 Å². The fourth-order valence-electron chi connectivity index (χ4n) is 17.3. The van der Waals surface area contributed by atoms with Crippen LogP contribution < -0.4 is 25.2 Å². The summed E-state index contributed by atoms with van der Waals surface area (Å²) in [4.78, 5) is 133. The van der Waals surface area contributed by atoms with Crippen molar-refractivity contribution in [3.8, 4) is 40.2 Å². The topological polar surface area (TPSA) is 470 Å². The Bertz CT molecular complexity index is 5040. The van der Waals surface area contributed by atoms with E-state index >= 15 is 0 Å². The molecular weight excluding hydrogens is 1870 g/mol. The zero-order chi connectivity index (χ0) is 97.6. The molecule has 38 nitrogen and oxygen atoms in total. The number of hydrogen-bond donors (Lipinski definition) is 5. The molecule has 0 spiro atoms. The van der Waals surface area contributed by atoms with Gasteiger partial charge in [0.25, 0.3) is 5.56 Å². The van der Waals surface area contributed by atoms with Crippen LogP contribution in [0.2, 0.25) is 0 Å². The van der Waals surface area contributed by atoms with Crippen LogP contribution in [0.1, 0.15) is 269 Å². The number of nitrogens with one attached hydrogen (secondary N) is 1. The van der Waals surface area contributed by atoms with Gasteiger partial charge in [0, 0.05) is 89.4 Å². The Hall–Kier alpha value is -10.3. The predicted octanol–water partition coefficient (Wildman–Crippen LogP) is 14.3. The smallest absolute Gasteiger partial charge is 0.481 e. The Morgan fingerprint density at radius 3 is 1.13 bits per heavy atom. The number of H-pyrrole nitrogens is 1. The molecule has 14 rings (SSSR count). The van der Waals surface area contributed by atoms with Gasteiger partial charge in [0.2, 0.25) is 17.6 Å². The lowest BCUT2D eigenvalue weighted by molar-refractivity contribution is -0.155. The van der Waals surface area contributed by atoms with Crippen LogP contribution in [-0.4, -0.2) is 235 Å². The summed E-state index contributed by atoms with van der Waals surface area (Å²) in [5.41, 5.74) is 7.30. The van der Waals surface area contributed by atoms with Gasteiger partial charge < -0.3 is 82.6 Å². The molecule has 7 aromatic rings. The number of aromatic amines is 1. The summed E-state index contributed by atoms with van der Waals surface area (Å²) in [5.74, 6) is -0.447. The number of aromatic nitrogens is 14. The molecule has 41 heteroatoms. The quantitative estimate of drug-likeness (QED) is 0.0201. The van der Waals surface area contributed by atoms with E-state index in [1.165, 1.54) is 17.1 Å². The van der Waals surface area contributed by atoms with Crippen molar-refractivity contribution in [2.75, 3.05) is 21.1 Å². The van der Waals surface area contributed by atoms with Crippen LogP contribution in [0.25, 0.3) is 22.5 Å². The molecule has 135 heavy (non-hydrogen) atoms. The van der Waals surface area contributed by atoms with Gasteiger partial charge in [-0.3, -0.25) is 38.0 Å². The maximum atomic E-state index is 12.6. The number of aliphatic hydroxyl groups is 1. The first-order valence-electron chi connectivity index (χ1n) is 46.8. The van der Waals surface area contributed by atoms with E-state index in [4.69, 9.17) is 47.6 Å². The summed E-state index contributed by atoms with van der Waals surface area (Å²) < 4.78 is 56.5. The maximum Gasteiger partial charge on any atom is 0.492 e. The van der Waals surface area contributed by atoms with Crippen molar-refractivity contribution in [3.05, 3.63) is 103 Å². The molecule has 5 N–H and O–H groups in total. The maximum absolute atomic E-state index is 12.6. The van der Waals surface area contributed by atoms with Crippen molar-refractivity contribution in [1.82, 2.24) is 83.9 Å². The number of aryl methyl sites for hydroxylation is 7. The first-order valence-corrected chi connectivity index (χ1v) is 48.4. The van der Waals surface area contributed by atoms with E-state index in [1.807, 2.05) is 69.4 Å². The summed E-state index contributed by atoms with van der Waals surface area (Å²) in [6, 6.07) is 0.742. The number of esters is 3. The summed E-state index contributed by atoms with van der Waals surface area (Å²) in [5, 5.41) is 49.7. The molecule has 0 saturated heterocycles. The van der Waals surface area contributed by atoms with Gasteiger partial charge in [0.15, 0.2) is 0 Å². The van der Waals surface area contributed by atoms with Crippen LogP contribution in [0.5, 0.6) is 17.6 Å². The molecule has 3 amide bonds. The number of carbonyl (C=O) groups is 7. The number of halogens is 2. The fraction of sp³-hybridized carbons (Fsp3) is 0.660. The average Bonchev–Trinajstić information content (AvgIpc) is 1.69. The van der Waals surface area contributed by atoms with Gasteiger partial charge in [-0.1, -0.05) is 52.4 Å². The Morgan fingerprint density at radius 1 is 0.444 bits per heavy atom. The Morgan fingerprint density at radius 2 is 0.778 bits per heavy atom. The lowest BCUT2D eigenvalue weighted by Gasteiger charge is -2.28. The van der Waals surface area contributed by atoms with Crippen LogP contribution in [-0.2, 0) is 88.6 Å². The monoisotopic (exact) mass is 2010 g/mol. The van der Waals surface area contributed by atoms with E-state index in [0.717, 1.165) is 176 Å². The second-order valence-electron chi connectivity index (χ2n) is 36.2. The molecule has 7 aliphatic rings. The zero-order valence-electron chi connectivity index (χ0n) is 80.3. The van der Waals surface area contributed by atoms with E-state index in [-0.39, 0.29) is 153 Å². The molecular formula is C94H140BBr2N17O21. The normalized spacial score (nSPS) is 19.9. The van der Waals surface area contributed by atoms with E-state index in [1.54, 1.807) is 97.2 Å². The molecule has 0 radical (unpaired) electrons. The number of amides is 3. The van der Waals surface area contributed by atoms with Gasteiger partial charge in [0.05, 0.1) is 108 Å². The third-order valence-electron chi connectivity index (χ3n) is 24.9. The van der Waals surface area contributed by atoms with E-state index < -0.39 is 19.2 Å². The molecule has 744 valence electrons. The van der Waals surface area contributed by atoms with Crippen molar-refractivity contribution in [3.63, 3.8) is 0 Å². The average molecular weight is 2010 g/mol. The number of carbonyl (C=O) groups excluding carboxylic acids is 6. The number of carboxylic acid groups (broad SMARTS) is 1. The van der Waals surface area contributed by atoms with Crippen molar-refractivity contribution in [2.45, 2.75) is 337 Å². The largest absolute Gasteiger partial charge is 0.492 e. The predicted molar refractivity (Wildman–Crippen MR) is 508 cm³/mol. The molecule has 7 aliphatic carbocycles. The minimum atomic E-state index is -1.62. The molecule has 7 aromatic heterocycles. The van der Waals surface area contributed by atoms with Crippen LogP contribution >= 0.6 is 31.9 Å². The standard InChI is InChI=1S/C27H39N5O5.C24H33N5O5.C15H21BrN2O3.C12H20BN3O4.C10H18O3.C5H5BrN2O.CH4/c1-17(2)36-26(33)19-9-8-12-21(13-19)37-25-18(3)30-23(15-28-25)22-14-29-32(5)24(22)16-35-27(34)31(4)20-10-6-7-11-20;1-15-22(34-18-10-6-7-16(11-18)23(30)31)25-13-20(27-15)19-12-26-29(3)21(19)14-33-24(32)28(2)17-8-4-5-9-17;1-9(2)20-15(19)11-5-4-6-12(7-11)21-14-10(3)18-13(16)8-17-14;1-15(9-5-3-4-6-9)12(17)20-8-11-10(13(18)19)7-14-16(11)2;1-7(2)13-10(12)8-4-3-5-9(11)6-8;1-3-5(9)7-2-4(6)8-3;/h14-15,17,19-21H,6-13,16H2,1-5H3;12-13,16-18H,4-11,14H2,1-3H3,(H,30,31);8-9,11-12H,4-7H2,1-3H3;7,9,18-19H,3-6,8H2,1-2H3;7-9,11H,3-6H2,1-2H3;2H,1H3,(H,7,9);1H4/t19-,21-;16-,18-;11-,12-;;8-,9+;;/m000.0../s1. The second-order valence-corrected chi connectivity index (χ2v) is 37.9. The zero-order valence-corrected chi connectivity index (χ0v) is 83.4. The van der Waals surface area contributed by atoms with Crippen LogP contribution in [0.3, 0.4) is 0 Å². The van der Waals surface area contributed by atoms with Crippen molar-refractivity contribution >= 4 is 86.6 Å². The van der Waals surface area contributed by atoms with E-state index in [9.17, 15) is 58.6 Å². The minimum absolute atomic E-state index is 0. The molecule has 7 saturated carbocycles. The van der Waals surface area contributed by atoms with Gasteiger partial charge in [0.1, 0.15) is 70.1 Å². The molecule has 0 aromatic carbocycles. The molecule has 0 aliphatic heterocycles. The molecule has 0 unspecified atom stereocenters.